The van der Waals surface area contributed by atoms with Crippen molar-refractivity contribution < 1.29 is 14.2 Å². The molecule has 120 valence electrons. The van der Waals surface area contributed by atoms with Gasteiger partial charge in [0.05, 0.1) is 32.5 Å². The van der Waals surface area contributed by atoms with E-state index in [2.05, 4.69) is 10.2 Å². The molecule has 1 N–H and O–H groups in total. The van der Waals surface area contributed by atoms with E-state index in [1.165, 1.54) is 0 Å². The van der Waals surface area contributed by atoms with Crippen LogP contribution in [0.5, 0.6) is 11.5 Å². The summed E-state index contributed by atoms with van der Waals surface area (Å²) in [6, 6.07) is 3.79. The van der Waals surface area contributed by atoms with E-state index in [4.69, 9.17) is 25.8 Å². The quantitative estimate of drug-likeness (QED) is 0.669. The maximum absolute atomic E-state index is 6.31. The van der Waals surface area contributed by atoms with Gasteiger partial charge in [0.25, 0.3) is 0 Å². The molecule has 0 radical (unpaired) electrons. The van der Waals surface area contributed by atoms with Crippen LogP contribution in [-0.4, -0.2) is 59.5 Å². The highest BCUT2D eigenvalue weighted by Gasteiger charge is 2.12. The smallest absolute Gasteiger partial charge is 0.179 e. The first-order chi connectivity index (χ1) is 10.1. The van der Waals surface area contributed by atoms with Gasteiger partial charge in [0, 0.05) is 19.6 Å². The van der Waals surface area contributed by atoms with Gasteiger partial charge >= 0.3 is 0 Å². The van der Waals surface area contributed by atoms with Crippen LogP contribution in [0.4, 0.5) is 0 Å². The monoisotopic (exact) mass is 316 g/mol. The Balaban J connectivity index is 2.35. The van der Waals surface area contributed by atoms with E-state index >= 15 is 0 Å². The number of benzene rings is 1. The molecular weight excluding hydrogens is 292 g/mol. The normalized spacial score (nSPS) is 11.0. The highest BCUT2D eigenvalue weighted by atomic mass is 35.5. The van der Waals surface area contributed by atoms with E-state index in [1.54, 1.807) is 14.2 Å². The van der Waals surface area contributed by atoms with Crippen molar-refractivity contribution in [3.8, 4) is 11.5 Å². The lowest BCUT2D eigenvalue weighted by Gasteiger charge is -2.13. The Morgan fingerprint density at radius 2 is 1.90 bits per heavy atom. The molecule has 0 unspecified atom stereocenters. The molecule has 0 aliphatic rings. The van der Waals surface area contributed by atoms with Gasteiger partial charge in [-0.25, -0.2) is 0 Å². The molecule has 0 aromatic heterocycles. The third-order valence-electron chi connectivity index (χ3n) is 2.99. The van der Waals surface area contributed by atoms with Gasteiger partial charge in [0.15, 0.2) is 11.5 Å². The molecule has 0 aliphatic heterocycles. The molecule has 0 bridgehead atoms. The first-order valence-electron chi connectivity index (χ1n) is 6.92. The zero-order valence-corrected chi connectivity index (χ0v) is 14.0. The molecular formula is C15H25ClN2O3. The molecule has 1 aromatic rings. The van der Waals surface area contributed by atoms with Crippen molar-refractivity contribution in [2.75, 3.05) is 54.6 Å². The molecule has 5 nitrogen and oxygen atoms in total. The molecule has 0 saturated heterocycles. The number of nitrogens with one attached hydrogen (secondary N) is 1. The van der Waals surface area contributed by atoms with Gasteiger partial charge in [0.2, 0.25) is 0 Å². The Hall–Kier alpha value is -1.01. The molecule has 0 aliphatic carbocycles. The Morgan fingerprint density at radius 3 is 2.52 bits per heavy atom. The SMILES string of the molecule is COc1ccc(CNCCOCCN(C)C)c(Cl)c1OC. The molecule has 0 atom stereocenters. The summed E-state index contributed by atoms with van der Waals surface area (Å²) in [6.45, 7) is 3.79. The Kier molecular flexibility index (Phi) is 8.45. The van der Waals surface area contributed by atoms with E-state index in [0.717, 1.165) is 25.3 Å². The summed E-state index contributed by atoms with van der Waals surface area (Å²) in [4.78, 5) is 2.09. The molecule has 0 saturated carbocycles. The summed E-state index contributed by atoms with van der Waals surface area (Å²) in [5, 5.41) is 3.88. The summed E-state index contributed by atoms with van der Waals surface area (Å²) in [5.41, 5.74) is 0.975. The van der Waals surface area contributed by atoms with Gasteiger partial charge in [-0.05, 0) is 25.7 Å². The number of nitrogens with zero attached hydrogens (tertiary/aromatic N) is 1. The van der Waals surface area contributed by atoms with Crippen LogP contribution >= 0.6 is 11.6 Å². The molecule has 0 fully saturated rings. The van der Waals surface area contributed by atoms with E-state index in [1.807, 2.05) is 26.2 Å². The van der Waals surface area contributed by atoms with Gasteiger partial charge in [0.1, 0.15) is 0 Å². The van der Waals surface area contributed by atoms with Gasteiger partial charge in [-0.15, -0.1) is 0 Å². The van der Waals surface area contributed by atoms with Crippen LogP contribution in [0.15, 0.2) is 12.1 Å². The van der Waals surface area contributed by atoms with Crippen LogP contribution in [0.3, 0.4) is 0 Å². The van der Waals surface area contributed by atoms with Crippen molar-refractivity contribution in [1.82, 2.24) is 10.2 Å². The van der Waals surface area contributed by atoms with E-state index in [9.17, 15) is 0 Å². The summed E-state index contributed by atoms with van der Waals surface area (Å²) in [7, 11) is 7.23. The van der Waals surface area contributed by atoms with Crippen LogP contribution in [0.1, 0.15) is 5.56 Å². The van der Waals surface area contributed by atoms with E-state index in [-0.39, 0.29) is 0 Å². The summed E-state index contributed by atoms with van der Waals surface area (Å²) >= 11 is 6.31. The van der Waals surface area contributed by atoms with Crippen LogP contribution in [-0.2, 0) is 11.3 Å². The van der Waals surface area contributed by atoms with E-state index < -0.39 is 0 Å². The first-order valence-corrected chi connectivity index (χ1v) is 7.30. The number of ether oxygens (including phenoxy) is 3. The minimum Gasteiger partial charge on any atom is -0.493 e. The Labute approximate surface area is 132 Å². The molecule has 0 amide bonds. The number of hydrogen-bond acceptors (Lipinski definition) is 5. The van der Waals surface area contributed by atoms with Gasteiger partial charge in [-0.3, -0.25) is 0 Å². The Morgan fingerprint density at radius 1 is 1.14 bits per heavy atom. The largest absolute Gasteiger partial charge is 0.493 e. The van der Waals surface area contributed by atoms with Crippen molar-refractivity contribution in [1.29, 1.82) is 0 Å². The van der Waals surface area contributed by atoms with E-state index in [0.29, 0.717) is 29.7 Å². The minimum atomic E-state index is 0.570. The lowest BCUT2D eigenvalue weighted by atomic mass is 10.2. The molecule has 0 heterocycles. The summed E-state index contributed by atoms with van der Waals surface area (Å²) in [6.07, 6.45) is 0. The molecule has 0 spiro atoms. The lowest BCUT2D eigenvalue weighted by Crippen LogP contribution is -2.23. The maximum atomic E-state index is 6.31. The van der Waals surface area contributed by atoms with Crippen molar-refractivity contribution >= 4 is 11.6 Å². The summed E-state index contributed by atoms with van der Waals surface area (Å²) in [5.74, 6) is 1.21. The van der Waals surface area contributed by atoms with Crippen molar-refractivity contribution in [2.24, 2.45) is 0 Å². The zero-order chi connectivity index (χ0) is 15.7. The predicted octanol–water partition coefficient (Wildman–Crippen LogP) is 2.03. The molecule has 1 rings (SSSR count). The van der Waals surface area contributed by atoms with Gasteiger partial charge in [-0.2, -0.15) is 0 Å². The maximum Gasteiger partial charge on any atom is 0.179 e. The average molecular weight is 317 g/mol. The number of halogens is 1. The second kappa shape index (κ2) is 9.84. The second-order valence-corrected chi connectivity index (χ2v) is 5.24. The third-order valence-corrected chi connectivity index (χ3v) is 3.40. The fraction of sp³-hybridized carbons (Fsp3) is 0.600. The van der Waals surface area contributed by atoms with Gasteiger partial charge in [-0.1, -0.05) is 17.7 Å². The topological polar surface area (TPSA) is 43.0 Å². The fourth-order valence-corrected chi connectivity index (χ4v) is 2.08. The zero-order valence-electron chi connectivity index (χ0n) is 13.2. The average Bonchev–Trinajstić information content (AvgIpc) is 2.46. The standard InChI is InChI=1S/C15H25ClN2O3/c1-18(2)8-10-21-9-7-17-11-12-5-6-13(19-3)15(20-4)14(12)16/h5-6,17H,7-11H2,1-4H3. The van der Waals surface area contributed by atoms with Crippen LogP contribution in [0.2, 0.25) is 5.02 Å². The summed E-state index contributed by atoms with van der Waals surface area (Å²) < 4.78 is 16.0. The number of likely N-dealkylation sites (N-methyl/N-ethyl adjacent to an activating group) is 1. The first kappa shape index (κ1) is 18.0. The highest BCUT2D eigenvalue weighted by Crippen LogP contribution is 2.37. The second-order valence-electron chi connectivity index (χ2n) is 4.87. The molecule has 21 heavy (non-hydrogen) atoms. The van der Waals surface area contributed by atoms with Crippen LogP contribution in [0, 0.1) is 0 Å². The predicted molar refractivity (Wildman–Crippen MR) is 85.6 cm³/mol. The van der Waals surface area contributed by atoms with Gasteiger partial charge < -0.3 is 24.4 Å². The fourth-order valence-electron chi connectivity index (χ4n) is 1.78. The third kappa shape index (κ3) is 6.09. The van der Waals surface area contributed by atoms with Crippen molar-refractivity contribution in [3.05, 3.63) is 22.7 Å². The lowest BCUT2D eigenvalue weighted by molar-refractivity contribution is 0.119. The highest BCUT2D eigenvalue weighted by molar-refractivity contribution is 6.33. The van der Waals surface area contributed by atoms with Crippen LogP contribution in [0.25, 0.3) is 0 Å². The van der Waals surface area contributed by atoms with Crippen molar-refractivity contribution in [2.45, 2.75) is 6.54 Å². The van der Waals surface area contributed by atoms with Crippen molar-refractivity contribution in [3.63, 3.8) is 0 Å². The molecule has 1 aromatic carbocycles. The van der Waals surface area contributed by atoms with Crippen LogP contribution < -0.4 is 14.8 Å². The molecule has 6 heteroatoms. The number of methoxy groups -OCH3 is 2. The number of hydrogen-bond donors (Lipinski definition) is 1. The Bertz CT molecular complexity index is 428. The number of rotatable bonds is 10. The minimum absolute atomic E-state index is 0.570.